The Balaban J connectivity index is 3.01. The monoisotopic (exact) mass is 353 g/mol. The molecule has 0 spiro atoms. The van der Waals surface area contributed by atoms with E-state index in [9.17, 15) is 26.4 Å². The number of nitrogens with zero attached hydrogens (tertiary/aromatic N) is 1. The van der Waals surface area contributed by atoms with Gasteiger partial charge >= 0.3 is 12.1 Å². The summed E-state index contributed by atoms with van der Waals surface area (Å²) in [5.74, 6) is -1.35. The van der Waals surface area contributed by atoms with Crippen molar-refractivity contribution in [2.45, 2.75) is 25.3 Å². The summed E-state index contributed by atoms with van der Waals surface area (Å²) in [6.07, 6.45) is -4.09. The standard InChI is InChI=1S/C14H18F3NO4S/c1-3-7-18(9-13(19)22-2)23(20,21)10-11-5-4-6-12(8-11)14(15,16)17/h4-6,8H,3,7,9-10H2,1-2H3. The second kappa shape index (κ2) is 7.78. The lowest BCUT2D eigenvalue weighted by atomic mass is 10.1. The molecule has 5 nitrogen and oxygen atoms in total. The number of benzene rings is 1. The van der Waals surface area contributed by atoms with Gasteiger partial charge in [0.1, 0.15) is 6.54 Å². The minimum Gasteiger partial charge on any atom is -0.468 e. The molecule has 0 saturated carbocycles. The molecule has 0 unspecified atom stereocenters. The predicted octanol–water partition coefficient (Wildman–Crippen LogP) is 2.42. The summed E-state index contributed by atoms with van der Waals surface area (Å²) in [4.78, 5) is 11.3. The van der Waals surface area contributed by atoms with Gasteiger partial charge in [-0.1, -0.05) is 25.1 Å². The Morgan fingerprint density at radius 1 is 1.30 bits per heavy atom. The number of carbonyl (C=O) groups excluding carboxylic acids is 1. The van der Waals surface area contributed by atoms with Gasteiger partial charge in [0.05, 0.1) is 18.4 Å². The van der Waals surface area contributed by atoms with Crippen LogP contribution in [0, 0.1) is 0 Å². The number of esters is 1. The van der Waals surface area contributed by atoms with Crippen molar-refractivity contribution in [1.82, 2.24) is 4.31 Å². The summed E-state index contributed by atoms with van der Waals surface area (Å²) < 4.78 is 68.1. The average Bonchev–Trinajstić information content (AvgIpc) is 2.45. The summed E-state index contributed by atoms with van der Waals surface area (Å²) in [6, 6.07) is 4.11. The van der Waals surface area contributed by atoms with Crippen LogP contribution in [0.3, 0.4) is 0 Å². The number of alkyl halides is 3. The molecule has 0 aliphatic heterocycles. The summed E-state index contributed by atoms with van der Waals surface area (Å²) in [7, 11) is -2.81. The fourth-order valence-corrected chi connectivity index (χ4v) is 3.46. The zero-order valence-electron chi connectivity index (χ0n) is 12.8. The Labute approximate surface area is 133 Å². The molecule has 0 fully saturated rings. The maximum Gasteiger partial charge on any atom is 0.416 e. The molecule has 0 heterocycles. The summed E-state index contributed by atoms with van der Waals surface area (Å²) >= 11 is 0. The topological polar surface area (TPSA) is 63.7 Å². The molecule has 1 aromatic rings. The maximum absolute atomic E-state index is 12.7. The van der Waals surface area contributed by atoms with E-state index in [4.69, 9.17) is 0 Å². The van der Waals surface area contributed by atoms with Crippen LogP contribution in [0.25, 0.3) is 0 Å². The van der Waals surface area contributed by atoms with E-state index < -0.39 is 40.0 Å². The predicted molar refractivity (Wildman–Crippen MR) is 77.9 cm³/mol. The van der Waals surface area contributed by atoms with E-state index >= 15 is 0 Å². The smallest absolute Gasteiger partial charge is 0.416 e. The van der Waals surface area contributed by atoms with Crippen molar-refractivity contribution in [3.63, 3.8) is 0 Å². The van der Waals surface area contributed by atoms with Crippen LogP contribution >= 0.6 is 0 Å². The number of rotatable bonds is 7. The summed E-state index contributed by atoms with van der Waals surface area (Å²) in [6.45, 7) is 1.34. The van der Waals surface area contributed by atoms with Gasteiger partial charge in [-0.15, -0.1) is 0 Å². The van der Waals surface area contributed by atoms with Crippen LogP contribution in [0.2, 0.25) is 0 Å². The Hall–Kier alpha value is -1.61. The molecule has 0 saturated heterocycles. The highest BCUT2D eigenvalue weighted by Gasteiger charge is 2.31. The van der Waals surface area contributed by atoms with Crippen LogP contribution < -0.4 is 0 Å². The van der Waals surface area contributed by atoms with E-state index in [1.807, 2.05) is 0 Å². The third-order valence-corrected chi connectivity index (χ3v) is 4.80. The first-order chi connectivity index (χ1) is 10.6. The van der Waals surface area contributed by atoms with Crippen LogP contribution in [-0.2, 0) is 31.5 Å². The van der Waals surface area contributed by atoms with Gasteiger partial charge in [0.25, 0.3) is 0 Å². The summed E-state index contributed by atoms with van der Waals surface area (Å²) in [5, 5.41) is 0. The first-order valence-corrected chi connectivity index (χ1v) is 8.42. The van der Waals surface area contributed by atoms with E-state index in [1.54, 1.807) is 6.92 Å². The molecule has 0 radical (unpaired) electrons. The van der Waals surface area contributed by atoms with Gasteiger partial charge in [-0.05, 0) is 18.1 Å². The van der Waals surface area contributed by atoms with Crippen molar-refractivity contribution < 1.29 is 31.1 Å². The summed E-state index contributed by atoms with van der Waals surface area (Å²) in [5.41, 5.74) is -0.911. The van der Waals surface area contributed by atoms with Crippen molar-refractivity contribution >= 4 is 16.0 Å². The Morgan fingerprint density at radius 2 is 1.96 bits per heavy atom. The second-order valence-corrected chi connectivity index (χ2v) is 6.83. The Bertz CT molecular complexity index is 644. The number of hydrogen-bond acceptors (Lipinski definition) is 4. The first kappa shape index (κ1) is 19.4. The number of carbonyl (C=O) groups is 1. The Morgan fingerprint density at radius 3 is 2.48 bits per heavy atom. The van der Waals surface area contributed by atoms with Gasteiger partial charge in [0.15, 0.2) is 0 Å². The van der Waals surface area contributed by atoms with Crippen molar-refractivity contribution in [1.29, 1.82) is 0 Å². The van der Waals surface area contributed by atoms with Gasteiger partial charge in [0.2, 0.25) is 10.0 Å². The molecule has 1 rings (SSSR count). The number of sulfonamides is 1. The van der Waals surface area contributed by atoms with Gasteiger partial charge < -0.3 is 4.74 Å². The highest BCUT2D eigenvalue weighted by Crippen LogP contribution is 2.30. The second-order valence-electron chi connectivity index (χ2n) is 4.86. The van der Waals surface area contributed by atoms with Gasteiger partial charge in [-0.2, -0.15) is 17.5 Å². The van der Waals surface area contributed by atoms with Gasteiger partial charge in [-0.3, -0.25) is 4.79 Å². The lowest BCUT2D eigenvalue weighted by molar-refractivity contribution is -0.141. The van der Waals surface area contributed by atoms with Gasteiger partial charge in [-0.25, -0.2) is 8.42 Å². The van der Waals surface area contributed by atoms with E-state index in [0.717, 1.165) is 29.6 Å². The van der Waals surface area contributed by atoms with Crippen LogP contribution in [0.1, 0.15) is 24.5 Å². The quantitative estimate of drug-likeness (QED) is 0.706. The average molecular weight is 353 g/mol. The molecular weight excluding hydrogens is 335 g/mol. The molecular formula is C14H18F3NO4S. The lowest BCUT2D eigenvalue weighted by Crippen LogP contribution is -2.37. The number of ether oxygens (including phenoxy) is 1. The van der Waals surface area contributed by atoms with Crippen molar-refractivity contribution in [3.8, 4) is 0 Å². The van der Waals surface area contributed by atoms with Crippen molar-refractivity contribution in [2.75, 3.05) is 20.2 Å². The largest absolute Gasteiger partial charge is 0.468 e. The first-order valence-electron chi connectivity index (χ1n) is 6.81. The van der Waals surface area contributed by atoms with Crippen LogP contribution in [0.4, 0.5) is 13.2 Å². The van der Waals surface area contributed by atoms with E-state index in [0.29, 0.717) is 6.42 Å². The lowest BCUT2D eigenvalue weighted by Gasteiger charge is -2.20. The third-order valence-electron chi connectivity index (χ3n) is 3.00. The van der Waals surface area contributed by atoms with E-state index in [1.165, 1.54) is 6.07 Å². The van der Waals surface area contributed by atoms with Crippen LogP contribution in [0.15, 0.2) is 24.3 Å². The number of methoxy groups -OCH3 is 1. The zero-order chi connectivity index (χ0) is 17.7. The normalized spacial score (nSPS) is 12.4. The molecule has 1 aromatic carbocycles. The van der Waals surface area contributed by atoms with E-state index in [2.05, 4.69) is 4.74 Å². The van der Waals surface area contributed by atoms with Crippen molar-refractivity contribution in [3.05, 3.63) is 35.4 Å². The Kier molecular flexibility index (Phi) is 6.57. The zero-order valence-corrected chi connectivity index (χ0v) is 13.6. The molecule has 23 heavy (non-hydrogen) atoms. The highest BCUT2D eigenvalue weighted by molar-refractivity contribution is 7.88. The molecule has 0 aliphatic carbocycles. The minimum atomic E-state index is -4.55. The molecule has 0 N–H and O–H groups in total. The molecule has 130 valence electrons. The minimum absolute atomic E-state index is 0.00536. The van der Waals surface area contributed by atoms with Gasteiger partial charge in [0, 0.05) is 6.54 Å². The molecule has 0 amide bonds. The fourth-order valence-electron chi connectivity index (χ4n) is 1.91. The SMILES string of the molecule is CCCN(CC(=O)OC)S(=O)(=O)Cc1cccc(C(F)(F)F)c1. The molecule has 0 aromatic heterocycles. The maximum atomic E-state index is 12.7. The highest BCUT2D eigenvalue weighted by atomic mass is 32.2. The molecule has 9 heteroatoms. The van der Waals surface area contributed by atoms with Crippen LogP contribution in [0.5, 0.6) is 0 Å². The van der Waals surface area contributed by atoms with Crippen molar-refractivity contribution in [2.24, 2.45) is 0 Å². The molecule has 0 bridgehead atoms. The number of hydrogen-bond donors (Lipinski definition) is 0. The molecule has 0 aliphatic rings. The fraction of sp³-hybridized carbons (Fsp3) is 0.500. The van der Waals surface area contributed by atoms with E-state index in [-0.39, 0.29) is 12.1 Å². The van der Waals surface area contributed by atoms with Crippen LogP contribution in [-0.4, -0.2) is 38.9 Å². The molecule has 0 atom stereocenters. The number of halogens is 3. The third kappa shape index (κ3) is 5.83.